The van der Waals surface area contributed by atoms with Gasteiger partial charge in [-0.2, -0.15) is 0 Å². The van der Waals surface area contributed by atoms with Gasteiger partial charge in [-0.05, 0) is 44.1 Å². The Morgan fingerprint density at radius 1 is 1.29 bits per heavy atom. The summed E-state index contributed by atoms with van der Waals surface area (Å²) in [6.07, 6.45) is 13.0. The van der Waals surface area contributed by atoms with E-state index in [0.29, 0.717) is 0 Å². The van der Waals surface area contributed by atoms with E-state index in [-0.39, 0.29) is 0 Å². The molecule has 0 aromatic rings. The number of allylic oxidation sites excluding steroid dienone is 2. The molecule has 1 aliphatic rings. The van der Waals surface area contributed by atoms with Crippen LogP contribution in [0.2, 0.25) is 0 Å². The molecule has 0 heterocycles. The zero-order valence-electron chi connectivity index (χ0n) is 11.3. The fourth-order valence-electron chi connectivity index (χ4n) is 2.30. The Bertz CT molecular complexity index is 280. The summed E-state index contributed by atoms with van der Waals surface area (Å²) >= 11 is 0. The molecule has 1 fully saturated rings. The number of rotatable bonds is 7. The minimum absolute atomic E-state index is 0.508. The average molecular weight is 234 g/mol. The molecule has 0 radical (unpaired) electrons. The molecule has 1 aliphatic carbocycles. The van der Waals surface area contributed by atoms with Crippen LogP contribution in [0.25, 0.3) is 0 Å². The van der Waals surface area contributed by atoms with Gasteiger partial charge in [-0.1, -0.05) is 50.5 Å². The van der Waals surface area contributed by atoms with Crippen LogP contribution in [0.5, 0.6) is 0 Å². The lowest BCUT2D eigenvalue weighted by Crippen LogP contribution is -1.91. The number of aliphatic hydroxyl groups is 1. The molecule has 0 aliphatic heterocycles. The van der Waals surface area contributed by atoms with Crippen LogP contribution in [-0.2, 0) is 0 Å². The van der Waals surface area contributed by atoms with E-state index in [0.717, 1.165) is 18.3 Å². The van der Waals surface area contributed by atoms with Crippen molar-refractivity contribution in [2.24, 2.45) is 11.8 Å². The van der Waals surface area contributed by atoms with Gasteiger partial charge in [-0.3, -0.25) is 0 Å². The Balaban J connectivity index is 1.97. The molecule has 17 heavy (non-hydrogen) atoms. The Labute approximate surface area is 106 Å². The van der Waals surface area contributed by atoms with Crippen LogP contribution in [0, 0.1) is 23.7 Å². The first-order chi connectivity index (χ1) is 8.24. The third-order valence-electron chi connectivity index (χ3n) is 3.45. The lowest BCUT2D eigenvalue weighted by atomic mass is 10.1. The van der Waals surface area contributed by atoms with Crippen LogP contribution >= 0.6 is 0 Å². The van der Waals surface area contributed by atoms with Gasteiger partial charge in [0.05, 0.1) is 0 Å². The molecule has 0 aromatic heterocycles. The maximum Gasteiger partial charge on any atom is 0.112 e. The number of aliphatic hydroxyl groups excluding tert-OH is 1. The highest BCUT2D eigenvalue weighted by molar-refractivity contribution is 5.17. The van der Waals surface area contributed by atoms with Crippen molar-refractivity contribution < 1.29 is 5.11 Å². The average Bonchev–Trinajstić information content (AvgIpc) is 3.02. The smallest absolute Gasteiger partial charge is 0.112 e. The third kappa shape index (κ3) is 7.23. The second kappa shape index (κ2) is 8.37. The van der Waals surface area contributed by atoms with Crippen molar-refractivity contribution in [3.63, 3.8) is 0 Å². The van der Waals surface area contributed by atoms with Crippen LogP contribution in [0.1, 0.15) is 58.8 Å². The van der Waals surface area contributed by atoms with Gasteiger partial charge >= 0.3 is 0 Å². The lowest BCUT2D eigenvalue weighted by Gasteiger charge is -1.97. The van der Waals surface area contributed by atoms with Gasteiger partial charge in [0.1, 0.15) is 6.10 Å². The molecule has 0 amide bonds. The molecule has 0 saturated heterocycles. The molecular formula is C16H26O. The summed E-state index contributed by atoms with van der Waals surface area (Å²) in [6.45, 7) is 3.95. The predicted octanol–water partition coefficient (Wildman–Crippen LogP) is 3.92. The van der Waals surface area contributed by atoms with Crippen LogP contribution < -0.4 is 0 Å². The normalized spacial score (nSPS) is 24.4. The molecule has 1 nitrogen and oxygen atoms in total. The molecule has 1 heteroatoms. The maximum atomic E-state index is 8.94. The fourth-order valence-corrected chi connectivity index (χ4v) is 2.30. The first kappa shape index (κ1) is 14.3. The summed E-state index contributed by atoms with van der Waals surface area (Å²) < 4.78 is 0. The molecule has 0 unspecified atom stereocenters. The van der Waals surface area contributed by atoms with E-state index in [4.69, 9.17) is 5.11 Å². The molecule has 0 bridgehead atoms. The van der Waals surface area contributed by atoms with E-state index in [1.54, 1.807) is 6.92 Å². The van der Waals surface area contributed by atoms with Gasteiger partial charge in [0, 0.05) is 0 Å². The zero-order chi connectivity index (χ0) is 12.5. The van der Waals surface area contributed by atoms with Crippen LogP contribution in [0.3, 0.4) is 0 Å². The highest BCUT2D eigenvalue weighted by atomic mass is 16.3. The summed E-state index contributed by atoms with van der Waals surface area (Å²) in [5.74, 6) is 7.58. The maximum absolute atomic E-state index is 8.94. The van der Waals surface area contributed by atoms with E-state index in [1.807, 2.05) is 6.08 Å². The lowest BCUT2D eigenvalue weighted by molar-refractivity contribution is 0.253. The number of hydrogen-bond acceptors (Lipinski definition) is 1. The van der Waals surface area contributed by atoms with Crippen molar-refractivity contribution >= 4 is 0 Å². The Morgan fingerprint density at radius 3 is 2.76 bits per heavy atom. The molecule has 1 rings (SSSR count). The van der Waals surface area contributed by atoms with Gasteiger partial charge in [0.2, 0.25) is 0 Å². The Morgan fingerprint density at radius 2 is 2.06 bits per heavy atom. The molecule has 1 saturated carbocycles. The van der Waals surface area contributed by atoms with Crippen molar-refractivity contribution in [3.8, 4) is 11.8 Å². The van der Waals surface area contributed by atoms with E-state index in [1.165, 1.54) is 38.5 Å². The minimum atomic E-state index is -0.508. The van der Waals surface area contributed by atoms with Crippen LogP contribution in [0.4, 0.5) is 0 Å². The third-order valence-corrected chi connectivity index (χ3v) is 3.45. The van der Waals surface area contributed by atoms with Crippen molar-refractivity contribution in [3.05, 3.63) is 12.2 Å². The highest BCUT2D eigenvalue weighted by Gasteiger charge is 2.34. The van der Waals surface area contributed by atoms with Gasteiger partial charge in [0.15, 0.2) is 0 Å². The van der Waals surface area contributed by atoms with Gasteiger partial charge in [-0.25, -0.2) is 0 Å². The molecule has 3 atom stereocenters. The quantitative estimate of drug-likeness (QED) is 0.523. The monoisotopic (exact) mass is 234 g/mol. The first-order valence-corrected chi connectivity index (χ1v) is 7.08. The van der Waals surface area contributed by atoms with Crippen molar-refractivity contribution in [1.29, 1.82) is 0 Å². The standard InChI is InChI=1S/C16H26O/c1-3-4-7-11-15-13-16(15)12-9-6-5-8-10-14(2)17/h5-6,14-17H,3-4,7,9,11-13H2,1-2H3/b6-5-/t14-,15+,16-/m0/s1. The van der Waals surface area contributed by atoms with Crippen LogP contribution in [0.15, 0.2) is 12.2 Å². The van der Waals surface area contributed by atoms with E-state index >= 15 is 0 Å². The van der Waals surface area contributed by atoms with Gasteiger partial charge < -0.3 is 5.11 Å². The Hall–Kier alpha value is -0.740. The summed E-state index contributed by atoms with van der Waals surface area (Å²) in [7, 11) is 0. The number of unbranched alkanes of at least 4 members (excludes halogenated alkanes) is 2. The van der Waals surface area contributed by atoms with Gasteiger partial charge in [0.25, 0.3) is 0 Å². The molecule has 1 N–H and O–H groups in total. The van der Waals surface area contributed by atoms with Crippen molar-refractivity contribution in [2.45, 2.75) is 64.9 Å². The van der Waals surface area contributed by atoms with Crippen molar-refractivity contribution in [2.75, 3.05) is 0 Å². The van der Waals surface area contributed by atoms with E-state index in [9.17, 15) is 0 Å². The highest BCUT2D eigenvalue weighted by Crippen LogP contribution is 2.45. The van der Waals surface area contributed by atoms with Gasteiger partial charge in [-0.15, -0.1) is 0 Å². The largest absolute Gasteiger partial charge is 0.381 e. The second-order valence-corrected chi connectivity index (χ2v) is 5.20. The first-order valence-electron chi connectivity index (χ1n) is 7.08. The van der Waals surface area contributed by atoms with E-state index < -0.39 is 6.10 Å². The molecule has 0 aromatic carbocycles. The van der Waals surface area contributed by atoms with E-state index in [2.05, 4.69) is 24.8 Å². The summed E-state index contributed by atoms with van der Waals surface area (Å²) in [5, 5.41) is 8.94. The fraction of sp³-hybridized carbons (Fsp3) is 0.750. The number of hydrogen-bond donors (Lipinski definition) is 1. The topological polar surface area (TPSA) is 20.2 Å². The zero-order valence-corrected chi connectivity index (χ0v) is 11.3. The summed E-state index contributed by atoms with van der Waals surface area (Å²) in [5.41, 5.74) is 0. The van der Waals surface area contributed by atoms with Crippen molar-refractivity contribution in [1.82, 2.24) is 0 Å². The molecule has 0 spiro atoms. The molecular weight excluding hydrogens is 208 g/mol. The Kier molecular flexibility index (Phi) is 7.05. The molecule has 96 valence electrons. The second-order valence-electron chi connectivity index (χ2n) is 5.20. The van der Waals surface area contributed by atoms with Crippen LogP contribution in [-0.4, -0.2) is 11.2 Å². The SMILES string of the molecule is CCCCC[C@@H]1C[C@@H]1CC/C=C\C#C[C@H](C)O. The summed E-state index contributed by atoms with van der Waals surface area (Å²) in [4.78, 5) is 0. The minimum Gasteiger partial charge on any atom is -0.381 e. The summed E-state index contributed by atoms with van der Waals surface area (Å²) in [6, 6.07) is 0. The predicted molar refractivity (Wildman–Crippen MR) is 73.6 cm³/mol.